The van der Waals surface area contributed by atoms with Crippen LogP contribution in [0.2, 0.25) is 0 Å². The first kappa shape index (κ1) is 20.9. The zero-order chi connectivity index (χ0) is 20.8. The molecule has 29 heavy (non-hydrogen) atoms. The summed E-state index contributed by atoms with van der Waals surface area (Å²) in [6.45, 7) is 0.0270. The number of nitrogens with zero attached hydrogens (tertiary/aromatic N) is 1. The Labute approximate surface area is 178 Å². The summed E-state index contributed by atoms with van der Waals surface area (Å²) in [5.74, 6) is -0.0457. The SMILES string of the molecule is COc1ccc(CCN2C(=O)/C(=C\c3ccccc3OCC(=O)O)SC2=S)cc1. The van der Waals surface area contributed by atoms with Gasteiger partial charge in [-0.3, -0.25) is 9.69 Å². The van der Waals surface area contributed by atoms with Gasteiger partial charge in [-0.2, -0.15) is 0 Å². The quantitative estimate of drug-likeness (QED) is 0.507. The molecule has 1 N–H and O–H groups in total. The van der Waals surface area contributed by atoms with E-state index in [4.69, 9.17) is 26.8 Å². The number of thiocarbonyl (C=S) groups is 1. The monoisotopic (exact) mass is 429 g/mol. The van der Waals surface area contributed by atoms with Crippen molar-refractivity contribution in [3.63, 3.8) is 0 Å². The van der Waals surface area contributed by atoms with Crippen LogP contribution >= 0.6 is 24.0 Å². The molecule has 1 amide bonds. The molecule has 1 saturated heterocycles. The van der Waals surface area contributed by atoms with Crippen LogP contribution in [0.5, 0.6) is 11.5 Å². The third-order valence-electron chi connectivity index (χ3n) is 4.21. The normalized spacial score (nSPS) is 15.1. The van der Waals surface area contributed by atoms with Crippen LogP contribution in [0.3, 0.4) is 0 Å². The van der Waals surface area contributed by atoms with Gasteiger partial charge in [-0.05, 0) is 36.3 Å². The first-order chi connectivity index (χ1) is 14.0. The van der Waals surface area contributed by atoms with Gasteiger partial charge in [-0.25, -0.2) is 4.79 Å². The molecule has 0 saturated carbocycles. The summed E-state index contributed by atoms with van der Waals surface area (Å²) in [6.07, 6.45) is 2.35. The number of para-hydroxylation sites is 1. The lowest BCUT2D eigenvalue weighted by atomic mass is 10.1. The Bertz CT molecular complexity index is 956. The third-order valence-corrected chi connectivity index (χ3v) is 5.59. The minimum atomic E-state index is -1.07. The second-order valence-corrected chi connectivity index (χ2v) is 7.83. The molecular weight excluding hydrogens is 410 g/mol. The molecule has 0 bridgehead atoms. The predicted molar refractivity (Wildman–Crippen MR) is 116 cm³/mol. The van der Waals surface area contributed by atoms with Gasteiger partial charge >= 0.3 is 5.97 Å². The van der Waals surface area contributed by atoms with E-state index in [9.17, 15) is 9.59 Å². The second-order valence-electron chi connectivity index (χ2n) is 6.15. The van der Waals surface area contributed by atoms with Crippen LogP contribution in [0.15, 0.2) is 53.4 Å². The average molecular weight is 430 g/mol. The van der Waals surface area contributed by atoms with Gasteiger partial charge in [0.25, 0.3) is 5.91 Å². The first-order valence-corrected chi connectivity index (χ1v) is 10.0. The summed E-state index contributed by atoms with van der Waals surface area (Å²) in [5, 5.41) is 8.81. The van der Waals surface area contributed by atoms with Gasteiger partial charge in [0, 0.05) is 12.1 Å². The summed E-state index contributed by atoms with van der Waals surface area (Å²) in [4.78, 5) is 25.6. The van der Waals surface area contributed by atoms with Gasteiger partial charge in [-0.15, -0.1) is 0 Å². The van der Waals surface area contributed by atoms with Crippen molar-refractivity contribution in [3.05, 3.63) is 64.6 Å². The highest BCUT2D eigenvalue weighted by atomic mass is 32.2. The maximum absolute atomic E-state index is 12.8. The van der Waals surface area contributed by atoms with E-state index in [-0.39, 0.29) is 5.91 Å². The summed E-state index contributed by atoms with van der Waals surface area (Å²) < 4.78 is 11.0. The number of carbonyl (C=O) groups excluding carboxylic acids is 1. The smallest absolute Gasteiger partial charge is 0.341 e. The minimum absolute atomic E-state index is 0.165. The van der Waals surface area contributed by atoms with E-state index in [1.165, 1.54) is 11.8 Å². The zero-order valence-electron chi connectivity index (χ0n) is 15.7. The molecule has 2 aromatic carbocycles. The molecule has 3 rings (SSSR count). The fourth-order valence-electron chi connectivity index (χ4n) is 2.74. The molecular formula is C21H19NO5S2. The van der Waals surface area contributed by atoms with E-state index in [1.807, 2.05) is 24.3 Å². The molecule has 0 unspecified atom stereocenters. The molecule has 150 valence electrons. The van der Waals surface area contributed by atoms with Gasteiger partial charge < -0.3 is 14.6 Å². The summed E-state index contributed by atoms with van der Waals surface area (Å²) in [6, 6.07) is 14.7. The Balaban J connectivity index is 1.70. The number of thioether (sulfide) groups is 1. The fraction of sp³-hybridized carbons (Fsp3) is 0.190. The molecule has 0 spiro atoms. The number of hydrogen-bond acceptors (Lipinski definition) is 6. The topological polar surface area (TPSA) is 76.1 Å². The molecule has 1 heterocycles. The van der Waals surface area contributed by atoms with Crippen molar-refractivity contribution in [2.24, 2.45) is 0 Å². The van der Waals surface area contributed by atoms with E-state index >= 15 is 0 Å². The number of carboxylic acid groups (broad SMARTS) is 1. The standard InChI is InChI=1S/C21H19NO5S2/c1-26-16-8-6-14(7-9-16)10-11-22-20(25)18(29-21(22)28)12-15-4-2-3-5-17(15)27-13-19(23)24/h2-9,12H,10-11,13H2,1H3,(H,23,24)/b18-12+. The van der Waals surface area contributed by atoms with Crippen molar-refractivity contribution in [1.29, 1.82) is 0 Å². The number of aliphatic carboxylic acids is 1. The van der Waals surface area contributed by atoms with E-state index in [0.717, 1.165) is 11.3 Å². The Hall–Kier alpha value is -2.84. The summed E-state index contributed by atoms with van der Waals surface area (Å²) >= 11 is 6.61. The molecule has 6 nitrogen and oxygen atoms in total. The van der Waals surface area contributed by atoms with Crippen molar-refractivity contribution in [3.8, 4) is 11.5 Å². The van der Waals surface area contributed by atoms with Crippen molar-refractivity contribution >= 4 is 46.3 Å². The maximum atomic E-state index is 12.8. The molecule has 1 aliphatic rings. The van der Waals surface area contributed by atoms with Crippen LogP contribution in [0.4, 0.5) is 0 Å². The highest BCUT2D eigenvalue weighted by Crippen LogP contribution is 2.34. The van der Waals surface area contributed by atoms with E-state index in [0.29, 0.717) is 33.5 Å². The number of rotatable bonds is 8. The maximum Gasteiger partial charge on any atom is 0.341 e. The molecule has 1 aliphatic heterocycles. The number of benzene rings is 2. The predicted octanol–water partition coefficient (Wildman–Crippen LogP) is 3.60. The Morgan fingerprint density at radius 2 is 1.93 bits per heavy atom. The van der Waals surface area contributed by atoms with Crippen molar-refractivity contribution in [2.45, 2.75) is 6.42 Å². The van der Waals surface area contributed by atoms with Gasteiger partial charge in [0.05, 0.1) is 12.0 Å². The minimum Gasteiger partial charge on any atom is -0.497 e. The molecule has 1 fully saturated rings. The first-order valence-electron chi connectivity index (χ1n) is 8.80. The average Bonchev–Trinajstić information content (AvgIpc) is 2.98. The van der Waals surface area contributed by atoms with Crippen LogP contribution in [0.25, 0.3) is 6.08 Å². The number of methoxy groups -OCH3 is 1. The third kappa shape index (κ3) is 5.36. The van der Waals surface area contributed by atoms with Crippen molar-refractivity contribution < 1.29 is 24.2 Å². The second kappa shape index (κ2) is 9.58. The zero-order valence-corrected chi connectivity index (χ0v) is 17.3. The van der Waals surface area contributed by atoms with Crippen LogP contribution in [0.1, 0.15) is 11.1 Å². The number of ether oxygens (including phenoxy) is 2. The molecule has 0 aromatic heterocycles. The molecule has 2 aromatic rings. The largest absolute Gasteiger partial charge is 0.497 e. The van der Waals surface area contributed by atoms with Crippen LogP contribution in [-0.2, 0) is 16.0 Å². The van der Waals surface area contributed by atoms with Gasteiger partial charge in [0.15, 0.2) is 6.61 Å². The summed E-state index contributed by atoms with van der Waals surface area (Å²) in [5.41, 5.74) is 1.71. The van der Waals surface area contributed by atoms with Crippen LogP contribution in [-0.4, -0.2) is 46.5 Å². The van der Waals surface area contributed by atoms with Gasteiger partial charge in [-0.1, -0.05) is 54.3 Å². The lowest BCUT2D eigenvalue weighted by Crippen LogP contribution is -2.30. The molecule has 0 atom stereocenters. The molecule has 8 heteroatoms. The lowest BCUT2D eigenvalue weighted by molar-refractivity contribution is -0.139. The number of carbonyl (C=O) groups is 2. The molecule has 0 radical (unpaired) electrons. The lowest BCUT2D eigenvalue weighted by Gasteiger charge is -2.14. The van der Waals surface area contributed by atoms with Gasteiger partial charge in [0.2, 0.25) is 0 Å². The fourth-order valence-corrected chi connectivity index (χ4v) is 4.04. The van der Waals surface area contributed by atoms with Gasteiger partial charge in [0.1, 0.15) is 15.8 Å². The number of hydrogen-bond donors (Lipinski definition) is 1. The Morgan fingerprint density at radius 3 is 2.62 bits per heavy atom. The number of amides is 1. The molecule has 0 aliphatic carbocycles. The summed E-state index contributed by atoms with van der Waals surface area (Å²) in [7, 11) is 1.62. The van der Waals surface area contributed by atoms with E-state index in [2.05, 4.69) is 0 Å². The van der Waals surface area contributed by atoms with Crippen molar-refractivity contribution in [2.75, 3.05) is 20.3 Å². The highest BCUT2D eigenvalue weighted by Gasteiger charge is 2.31. The van der Waals surface area contributed by atoms with Crippen LogP contribution in [0, 0.1) is 0 Å². The van der Waals surface area contributed by atoms with E-state index < -0.39 is 12.6 Å². The number of carboxylic acids is 1. The van der Waals surface area contributed by atoms with Crippen molar-refractivity contribution in [1.82, 2.24) is 4.90 Å². The Morgan fingerprint density at radius 1 is 1.21 bits per heavy atom. The van der Waals surface area contributed by atoms with E-state index in [1.54, 1.807) is 42.4 Å². The highest BCUT2D eigenvalue weighted by molar-refractivity contribution is 8.26. The van der Waals surface area contributed by atoms with Crippen LogP contribution < -0.4 is 9.47 Å². The Kier molecular flexibility index (Phi) is 6.90.